The van der Waals surface area contributed by atoms with Crippen LogP contribution in [-0.2, 0) is 38.4 Å². The number of hydrogen-bond donors (Lipinski definition) is 10. The number of nitrogens with zero attached hydrogens (tertiary/aromatic N) is 2. The third-order valence-electron chi connectivity index (χ3n) is 19.5. The van der Waals surface area contributed by atoms with Gasteiger partial charge in [0.05, 0.1) is 41.9 Å². The Hall–Kier alpha value is -9.48. The molecule has 5 aromatic carbocycles. The predicted octanol–water partition coefficient (Wildman–Crippen LogP) is 2.57. The monoisotopic (exact) mass is 1270 g/mol. The van der Waals surface area contributed by atoms with Gasteiger partial charge in [0, 0.05) is 86.0 Å². The van der Waals surface area contributed by atoms with E-state index in [1.165, 1.54) is 28.0 Å². The molecule has 12 rings (SSSR count). The van der Waals surface area contributed by atoms with Gasteiger partial charge in [-0.3, -0.25) is 43.2 Å². The number of nitrogens with one attached hydrogen (secondary N) is 7. The summed E-state index contributed by atoms with van der Waals surface area (Å²) in [5.41, 5.74) is 7.83. The Morgan fingerprint density at radius 2 is 0.935 bits per heavy atom. The van der Waals surface area contributed by atoms with Gasteiger partial charge in [0.15, 0.2) is 6.61 Å². The van der Waals surface area contributed by atoms with Gasteiger partial charge < -0.3 is 67.7 Å². The third kappa shape index (κ3) is 14.7. The lowest BCUT2D eigenvalue weighted by atomic mass is 9.94. The summed E-state index contributed by atoms with van der Waals surface area (Å²) in [6, 6.07) is 41.1. The molecule has 7 aliphatic rings. The lowest BCUT2D eigenvalue weighted by Gasteiger charge is -2.22. The fourth-order valence-electron chi connectivity index (χ4n) is 13.5. The van der Waals surface area contributed by atoms with Gasteiger partial charge in [0.25, 0.3) is 17.7 Å². The minimum atomic E-state index is -1.85. The number of aliphatic hydroxyl groups is 1. The van der Waals surface area contributed by atoms with E-state index in [0.29, 0.717) is 45.1 Å². The molecule has 1 unspecified atom stereocenters. The topological polar surface area (TPSA) is 337 Å². The number of hydrogen-bond acceptors (Lipinski definition) is 13. The lowest BCUT2D eigenvalue weighted by molar-refractivity contribution is -0.143. The first kappa shape index (κ1) is 63.7. The molecule has 15 atom stereocenters. The van der Waals surface area contributed by atoms with E-state index >= 15 is 4.79 Å². The Morgan fingerprint density at radius 1 is 0.538 bits per heavy atom. The van der Waals surface area contributed by atoms with Crippen molar-refractivity contribution in [1.29, 1.82) is 0 Å². The van der Waals surface area contributed by atoms with Gasteiger partial charge in [-0.2, -0.15) is 0 Å². The Morgan fingerprint density at radius 3 is 1.31 bits per heavy atom. The maximum atomic E-state index is 15.1. The summed E-state index contributed by atoms with van der Waals surface area (Å²) in [7, 11) is 0. The number of rotatable bonds is 27. The van der Waals surface area contributed by atoms with Crippen molar-refractivity contribution >= 4 is 59.1 Å². The molecule has 5 aromatic rings. The van der Waals surface area contributed by atoms with Crippen LogP contribution < -0.4 is 47.7 Å². The molecule has 2 heterocycles. The highest BCUT2D eigenvalue weighted by Crippen LogP contribution is 2.45. The lowest BCUT2D eigenvalue weighted by Crippen LogP contribution is -2.56. The van der Waals surface area contributed by atoms with Gasteiger partial charge >= 0.3 is 5.97 Å². The van der Waals surface area contributed by atoms with Gasteiger partial charge in [-0.05, 0) is 91.9 Å². The number of carboxylic acid groups (broad SMARTS) is 1. The zero-order valence-corrected chi connectivity index (χ0v) is 51.3. The third-order valence-corrected chi connectivity index (χ3v) is 19.5. The van der Waals surface area contributed by atoms with Crippen LogP contribution in [0.2, 0.25) is 0 Å². The van der Waals surface area contributed by atoms with Crippen molar-refractivity contribution in [2.24, 2.45) is 29.4 Å². The van der Waals surface area contributed by atoms with Crippen LogP contribution in [0.15, 0.2) is 140 Å². The van der Waals surface area contributed by atoms with Crippen LogP contribution in [0.25, 0.3) is 0 Å². The number of carbonyl (C=O) groups is 10. The summed E-state index contributed by atoms with van der Waals surface area (Å²) in [5, 5.41) is 40.1. The maximum absolute atomic E-state index is 15.1. The number of amides is 9. The Labute approximate surface area is 537 Å². The standard InChI is InChI=1S/C70H78N10O13/c71-26-14-13-23-53(68(90)91)77-69(92)70(32-59(70)81)78-60(82)33-72-61(83)38-93-58-27-43(66(88)79-34-49(62(84)73-54-28-45(54)39-15-5-1-6-16-39)50(35-79)63(85)74-55-29-46(55)40-17-7-2-8-18-40)24-25-44(58)67(89)80-36-51(64(86)75-56-30-47(56)41-19-9-3-10-20-41)52(37-80)65(87)76-57-31-48(57)42-21-11-4-12-22-42/h1-12,15-22,24-25,27,45-57,59,81H,13-14,23,26,28-38,71H2,(H,72,83)(H,73,84)(H,74,85)(H,75,86)(H,76,87)(H,77,92)(H,78,82)(H,90,91)/t45-,46-,47-,48-,49-,50-,51-,52-,53+,54+,55+,56+,57+,59-,70?/m1/s1. The fourth-order valence-corrected chi connectivity index (χ4v) is 13.5. The van der Waals surface area contributed by atoms with E-state index in [1.807, 2.05) is 121 Å². The minimum Gasteiger partial charge on any atom is -0.483 e. The molecule has 9 amide bonds. The van der Waals surface area contributed by atoms with Crippen LogP contribution in [0.1, 0.15) is 118 Å². The molecular weight excluding hydrogens is 1190 g/mol. The average Bonchev–Trinajstić information content (AvgIpc) is 1.17. The van der Waals surface area contributed by atoms with E-state index in [9.17, 15) is 53.4 Å². The average molecular weight is 1270 g/mol. The highest BCUT2D eigenvalue weighted by atomic mass is 16.5. The van der Waals surface area contributed by atoms with Crippen LogP contribution >= 0.6 is 0 Å². The summed E-state index contributed by atoms with van der Waals surface area (Å²) >= 11 is 0. The quantitative estimate of drug-likeness (QED) is 0.0338. The SMILES string of the molecule is NCCCC[C@H](NC(=O)C1(NC(=O)CNC(=O)COc2cc(C(=O)N3C[C@@H](C(=O)N[C@H]4C[C@@H]4c4ccccc4)[C@H](C(=O)N[C@H]4C[C@@H]4c4ccccc4)C3)ccc2C(=O)N2C[C@@H](C(=O)N[C@H]3C[C@@H]3c3ccccc3)[C@H](C(=O)N[C@H]3C[C@@H]3c3ccccc3)C2)C[C@H]1O)C(=O)O. The van der Waals surface area contributed by atoms with Crippen LogP contribution in [-0.4, -0.2) is 167 Å². The molecule has 0 radical (unpaired) electrons. The minimum absolute atomic E-state index is 0.0268. The van der Waals surface area contributed by atoms with E-state index in [2.05, 4.69) is 37.2 Å². The molecule has 2 saturated heterocycles. The summed E-state index contributed by atoms with van der Waals surface area (Å²) in [6.07, 6.45) is 2.23. The van der Waals surface area contributed by atoms with Gasteiger partial charge in [0.2, 0.25) is 35.4 Å². The second kappa shape index (κ2) is 27.4. The van der Waals surface area contributed by atoms with E-state index in [1.54, 1.807) is 0 Å². The Bertz CT molecular complexity index is 3510. The summed E-state index contributed by atoms with van der Waals surface area (Å²) in [4.78, 5) is 143. The summed E-state index contributed by atoms with van der Waals surface area (Å²) in [6.45, 7) is -1.85. The van der Waals surface area contributed by atoms with Gasteiger partial charge in [0.1, 0.15) is 17.3 Å². The molecule has 7 fully saturated rings. The van der Waals surface area contributed by atoms with Crippen molar-refractivity contribution in [1.82, 2.24) is 47.0 Å². The van der Waals surface area contributed by atoms with Crippen molar-refractivity contribution in [2.75, 3.05) is 45.9 Å². The number of unbranched alkanes of at least 4 members (excludes halogenated alkanes) is 1. The van der Waals surface area contributed by atoms with Crippen molar-refractivity contribution in [3.8, 4) is 5.75 Å². The van der Waals surface area contributed by atoms with Gasteiger partial charge in [-0.15, -0.1) is 0 Å². The highest BCUT2D eigenvalue weighted by molar-refractivity contribution is 6.03. The molecule has 0 bridgehead atoms. The van der Waals surface area contributed by atoms with E-state index in [4.69, 9.17) is 10.5 Å². The van der Waals surface area contributed by atoms with Gasteiger partial charge in [-0.1, -0.05) is 121 Å². The maximum Gasteiger partial charge on any atom is 0.326 e. The summed E-state index contributed by atoms with van der Waals surface area (Å²) in [5.74, 6) is -10.6. The largest absolute Gasteiger partial charge is 0.483 e. The van der Waals surface area contributed by atoms with Crippen molar-refractivity contribution in [3.63, 3.8) is 0 Å². The smallest absolute Gasteiger partial charge is 0.326 e. The highest BCUT2D eigenvalue weighted by Gasteiger charge is 2.61. The summed E-state index contributed by atoms with van der Waals surface area (Å²) < 4.78 is 6.12. The number of likely N-dealkylation sites (tertiary alicyclic amines) is 2. The molecule has 486 valence electrons. The molecule has 11 N–H and O–H groups in total. The normalized spacial score (nSPS) is 27.9. The number of nitrogens with two attached hydrogens (primary N) is 1. The van der Waals surface area contributed by atoms with Crippen molar-refractivity contribution in [2.45, 2.75) is 117 Å². The first-order valence-electron chi connectivity index (χ1n) is 32.2. The number of carboxylic acids is 1. The molecule has 23 nitrogen and oxygen atoms in total. The first-order chi connectivity index (χ1) is 45.0. The second-order valence-corrected chi connectivity index (χ2v) is 26.0. The van der Waals surface area contributed by atoms with E-state index in [-0.39, 0.29) is 127 Å². The fraction of sp³-hybridized carbons (Fsp3) is 0.429. The van der Waals surface area contributed by atoms with E-state index < -0.39 is 90.0 Å². The Kier molecular flexibility index (Phi) is 18.7. The Balaban J connectivity index is 0.774. The first-order valence-corrected chi connectivity index (χ1v) is 32.2. The van der Waals surface area contributed by atoms with Crippen molar-refractivity contribution in [3.05, 3.63) is 173 Å². The van der Waals surface area contributed by atoms with Crippen LogP contribution in [0.5, 0.6) is 5.75 Å². The number of carbonyl (C=O) groups excluding carboxylic acids is 9. The molecule has 23 heteroatoms. The van der Waals surface area contributed by atoms with Crippen LogP contribution in [0.3, 0.4) is 0 Å². The number of benzene rings is 5. The molecule has 0 aromatic heterocycles. The molecule has 5 aliphatic carbocycles. The van der Waals surface area contributed by atoms with Crippen molar-refractivity contribution < 1.29 is 62.9 Å². The molecule has 93 heavy (non-hydrogen) atoms. The second-order valence-electron chi connectivity index (χ2n) is 26.0. The van der Waals surface area contributed by atoms with Gasteiger partial charge in [-0.25, -0.2) is 4.79 Å². The predicted molar refractivity (Wildman–Crippen MR) is 338 cm³/mol. The zero-order valence-electron chi connectivity index (χ0n) is 51.3. The molecule has 0 spiro atoms. The number of aliphatic carboxylic acids is 1. The van der Waals surface area contributed by atoms with E-state index in [0.717, 1.165) is 22.3 Å². The van der Waals surface area contributed by atoms with Crippen LogP contribution in [0, 0.1) is 23.7 Å². The number of aliphatic hydroxyl groups excluding tert-OH is 1. The number of ether oxygens (including phenoxy) is 1. The van der Waals surface area contributed by atoms with Crippen LogP contribution in [0.4, 0.5) is 0 Å². The molecule has 5 saturated carbocycles. The molecule has 2 aliphatic heterocycles. The molecular formula is C70H78N10O13. The zero-order chi connectivity index (χ0) is 65.1.